The number of phenols is 1. The fourth-order valence-electron chi connectivity index (χ4n) is 5.41. The Labute approximate surface area is 217 Å². The molecule has 0 saturated carbocycles. The van der Waals surface area contributed by atoms with Crippen LogP contribution in [-0.2, 0) is 14.2 Å². The molecule has 2 aromatic carbocycles. The van der Waals surface area contributed by atoms with E-state index in [4.69, 9.17) is 18.9 Å². The lowest BCUT2D eigenvalue weighted by molar-refractivity contribution is -0.312. The predicted molar refractivity (Wildman–Crippen MR) is 129 cm³/mol. The molecule has 0 spiro atoms. The molecule has 3 aliphatic rings. The fourth-order valence-corrected chi connectivity index (χ4v) is 5.41. The summed E-state index contributed by atoms with van der Waals surface area (Å²) < 4.78 is 22.2. The minimum atomic E-state index is -1.96. The molecule has 0 radical (unpaired) electrons. The van der Waals surface area contributed by atoms with Gasteiger partial charge in [-0.3, -0.25) is 14.4 Å². The van der Waals surface area contributed by atoms with Crippen LogP contribution >= 0.6 is 0 Å². The smallest absolute Gasteiger partial charge is 0.198 e. The van der Waals surface area contributed by atoms with Crippen molar-refractivity contribution in [2.75, 3.05) is 14.2 Å². The molecule has 1 heterocycles. The molecule has 1 saturated heterocycles. The van der Waals surface area contributed by atoms with Crippen LogP contribution in [0.4, 0.5) is 0 Å². The summed E-state index contributed by atoms with van der Waals surface area (Å²) >= 11 is 0. The molecule has 0 unspecified atom stereocenters. The standard InChI is InChI=1S/C27H28O11/c1-10-19(28)23(32)24(36-4)26(37-10)38-16-9-27(2,34)25(33)15-8-14-18(22(31)17(15)16)21(30)12-6-5-11(35-3)7-13(12)20(14)29/h5-8,10,16,19,23-24,26,28,31-32,34H,9H2,1-4H3/t10-,16+,19-,23+,24-,26-,27-/m0/s1. The second kappa shape index (κ2) is 9.23. The summed E-state index contributed by atoms with van der Waals surface area (Å²) in [5, 5.41) is 43.0. The monoisotopic (exact) mass is 528 g/mol. The zero-order valence-corrected chi connectivity index (χ0v) is 21.1. The van der Waals surface area contributed by atoms with Gasteiger partial charge in [0.25, 0.3) is 0 Å². The van der Waals surface area contributed by atoms with Crippen molar-refractivity contribution < 1.29 is 53.8 Å². The van der Waals surface area contributed by atoms with Crippen LogP contribution in [0.15, 0.2) is 24.3 Å². The van der Waals surface area contributed by atoms with E-state index in [2.05, 4.69) is 0 Å². The van der Waals surface area contributed by atoms with Gasteiger partial charge in [-0.1, -0.05) is 0 Å². The number of ether oxygens (including phenoxy) is 4. The van der Waals surface area contributed by atoms with E-state index in [-0.39, 0.29) is 39.8 Å². The number of carbonyl (C=O) groups is 3. The molecule has 5 rings (SSSR count). The molecular formula is C27H28O11. The Hall–Kier alpha value is -3.19. The number of aliphatic hydroxyl groups excluding tert-OH is 2. The summed E-state index contributed by atoms with van der Waals surface area (Å²) in [5.41, 5.74) is -2.59. The van der Waals surface area contributed by atoms with Gasteiger partial charge in [-0.2, -0.15) is 0 Å². The zero-order valence-electron chi connectivity index (χ0n) is 21.1. The van der Waals surface area contributed by atoms with Crippen molar-refractivity contribution in [2.45, 2.75) is 62.7 Å². The normalized spacial score (nSPS) is 32.4. The lowest BCUT2D eigenvalue weighted by Crippen LogP contribution is -2.58. The summed E-state index contributed by atoms with van der Waals surface area (Å²) in [5.74, 6) is -2.26. The summed E-state index contributed by atoms with van der Waals surface area (Å²) in [4.78, 5) is 40.1. The van der Waals surface area contributed by atoms with E-state index in [1.807, 2.05) is 0 Å². The van der Waals surface area contributed by atoms with Crippen molar-refractivity contribution in [1.82, 2.24) is 0 Å². The molecule has 7 atom stereocenters. The number of carbonyl (C=O) groups excluding carboxylic acids is 3. The van der Waals surface area contributed by atoms with Gasteiger partial charge < -0.3 is 39.4 Å². The van der Waals surface area contributed by atoms with Crippen molar-refractivity contribution >= 4 is 17.3 Å². The summed E-state index contributed by atoms with van der Waals surface area (Å²) in [7, 11) is 2.70. The number of rotatable bonds is 4. The number of hydrogen-bond acceptors (Lipinski definition) is 11. The SMILES string of the molecule is COc1ccc2c(c1)C(=O)c1cc3c(c(O)c1C2=O)[C@H](O[C@@H]1O[C@@H](C)[C@H](O)[C@@H](O)[C@@H]1OC)C[C@](C)(O)C3=O. The van der Waals surface area contributed by atoms with Gasteiger partial charge in [-0.15, -0.1) is 0 Å². The van der Waals surface area contributed by atoms with Crippen LogP contribution in [0.25, 0.3) is 0 Å². The van der Waals surface area contributed by atoms with E-state index in [0.29, 0.717) is 5.75 Å². The number of aromatic hydroxyl groups is 1. The first-order chi connectivity index (χ1) is 17.9. The van der Waals surface area contributed by atoms with Crippen molar-refractivity contribution in [3.05, 3.63) is 57.6 Å². The molecule has 0 aromatic heterocycles. The van der Waals surface area contributed by atoms with Gasteiger partial charge in [0.2, 0.25) is 0 Å². The second-order valence-corrected chi connectivity index (χ2v) is 10.0. The molecule has 2 aromatic rings. The minimum Gasteiger partial charge on any atom is -0.507 e. The van der Waals surface area contributed by atoms with E-state index >= 15 is 0 Å². The summed E-state index contributed by atoms with van der Waals surface area (Å²) in [6.07, 6.45) is -7.43. The Morgan fingerprint density at radius 2 is 1.68 bits per heavy atom. The highest BCUT2D eigenvalue weighted by molar-refractivity contribution is 6.30. The number of methoxy groups -OCH3 is 2. The van der Waals surface area contributed by atoms with Gasteiger partial charge in [0.05, 0.1) is 24.9 Å². The van der Waals surface area contributed by atoms with Gasteiger partial charge in [0, 0.05) is 41.3 Å². The largest absolute Gasteiger partial charge is 0.507 e. The fraction of sp³-hybridized carbons (Fsp3) is 0.444. The summed E-state index contributed by atoms with van der Waals surface area (Å²) in [6.45, 7) is 2.80. The molecule has 2 aliphatic carbocycles. The first kappa shape index (κ1) is 26.4. The molecule has 1 fully saturated rings. The molecule has 202 valence electrons. The number of benzene rings is 2. The average Bonchev–Trinajstić information content (AvgIpc) is 2.88. The first-order valence-corrected chi connectivity index (χ1v) is 12.1. The van der Waals surface area contributed by atoms with Crippen LogP contribution in [0.3, 0.4) is 0 Å². The molecule has 38 heavy (non-hydrogen) atoms. The first-order valence-electron chi connectivity index (χ1n) is 12.1. The molecule has 1 aliphatic heterocycles. The lowest BCUT2D eigenvalue weighted by atomic mass is 9.73. The molecule has 11 heteroatoms. The Morgan fingerprint density at radius 3 is 2.34 bits per heavy atom. The van der Waals surface area contributed by atoms with Gasteiger partial charge >= 0.3 is 0 Å². The summed E-state index contributed by atoms with van der Waals surface area (Å²) in [6, 6.07) is 5.54. The Bertz CT molecular complexity index is 1350. The van der Waals surface area contributed by atoms with Gasteiger partial charge in [0.1, 0.15) is 35.4 Å². The van der Waals surface area contributed by atoms with Gasteiger partial charge in [-0.25, -0.2) is 0 Å². The highest BCUT2D eigenvalue weighted by atomic mass is 16.7. The molecule has 0 bridgehead atoms. The van der Waals surface area contributed by atoms with Crippen molar-refractivity contribution in [3.8, 4) is 11.5 Å². The number of fused-ring (bicyclic) bond motifs is 3. The lowest BCUT2D eigenvalue weighted by Gasteiger charge is -2.43. The highest BCUT2D eigenvalue weighted by Crippen LogP contribution is 2.48. The predicted octanol–water partition coefficient (Wildman–Crippen LogP) is 1.05. The number of Topliss-reactive ketones (excluding diaryl/α,β-unsaturated/α-hetero) is 1. The van der Waals surface area contributed by atoms with Crippen molar-refractivity contribution in [3.63, 3.8) is 0 Å². The van der Waals surface area contributed by atoms with Crippen LogP contribution in [0.2, 0.25) is 0 Å². The van der Waals surface area contributed by atoms with Crippen molar-refractivity contribution in [2.24, 2.45) is 0 Å². The number of hydrogen-bond donors (Lipinski definition) is 4. The Balaban J connectivity index is 1.64. The second-order valence-electron chi connectivity index (χ2n) is 10.0. The number of ketones is 3. The third-order valence-corrected chi connectivity index (χ3v) is 7.52. The maximum Gasteiger partial charge on any atom is 0.198 e. The molecular weight excluding hydrogens is 500 g/mol. The third-order valence-electron chi connectivity index (χ3n) is 7.52. The molecule has 11 nitrogen and oxygen atoms in total. The van der Waals surface area contributed by atoms with Crippen LogP contribution in [0.1, 0.15) is 74.1 Å². The maximum atomic E-state index is 13.5. The maximum absolute atomic E-state index is 13.5. The van der Waals surface area contributed by atoms with E-state index in [0.717, 1.165) is 0 Å². The van der Waals surface area contributed by atoms with Crippen LogP contribution in [0.5, 0.6) is 11.5 Å². The Kier molecular flexibility index (Phi) is 6.41. The van der Waals surface area contributed by atoms with Crippen LogP contribution in [-0.4, -0.2) is 88.3 Å². The van der Waals surface area contributed by atoms with E-state index < -0.39 is 65.5 Å². The highest BCUT2D eigenvalue weighted by Gasteiger charge is 2.50. The van der Waals surface area contributed by atoms with Crippen molar-refractivity contribution in [1.29, 1.82) is 0 Å². The molecule has 4 N–H and O–H groups in total. The average molecular weight is 529 g/mol. The quantitative estimate of drug-likeness (QED) is 0.382. The van der Waals surface area contributed by atoms with Crippen LogP contribution in [0, 0.1) is 0 Å². The molecule has 0 amide bonds. The van der Waals surface area contributed by atoms with E-state index in [1.54, 1.807) is 0 Å². The topological polar surface area (TPSA) is 169 Å². The van der Waals surface area contributed by atoms with E-state index in [9.17, 15) is 34.8 Å². The van der Waals surface area contributed by atoms with Gasteiger partial charge in [-0.05, 0) is 38.1 Å². The Morgan fingerprint density at radius 1 is 0.974 bits per heavy atom. The minimum absolute atomic E-state index is 0.0593. The zero-order chi connectivity index (χ0) is 27.7. The van der Waals surface area contributed by atoms with Gasteiger partial charge in [0.15, 0.2) is 23.6 Å². The van der Waals surface area contributed by atoms with Crippen LogP contribution < -0.4 is 4.74 Å². The number of aliphatic hydroxyl groups is 3. The number of phenolic OH excluding ortho intramolecular Hbond substituents is 1. The van der Waals surface area contributed by atoms with E-state index in [1.165, 1.54) is 52.3 Å². The third kappa shape index (κ3) is 3.85.